The minimum absolute atomic E-state index is 0.203. The third kappa shape index (κ3) is 25.7. The Morgan fingerprint density at radius 3 is 1.83 bits per heavy atom. The summed E-state index contributed by atoms with van der Waals surface area (Å²) in [5.74, 6) is -0.909. The first-order chi connectivity index (χ1) is 16.8. The molecular weight excluding hydrogens is 471 g/mol. The molecule has 1 unspecified atom stereocenters. The molecular formula is C26H49O8P. The lowest BCUT2D eigenvalue weighted by Crippen LogP contribution is -2.29. The molecule has 0 fully saturated rings. The maximum absolute atomic E-state index is 12.2. The standard InChI is InChI=1S/C26H49O8P/c1-3-5-7-9-11-12-13-14-15-17-19-21-26(28)34-24(23-33-35(29,30)31)22-32-25(27)20-18-16-10-8-6-4-2/h9,11,24H,3-8,10,12-23H2,1-2H3,(H2,29,30,31)/b11-9-. The predicted molar refractivity (Wildman–Crippen MR) is 138 cm³/mol. The molecule has 2 N–H and O–H groups in total. The van der Waals surface area contributed by atoms with Crippen LogP contribution >= 0.6 is 7.82 Å². The second-order valence-corrected chi connectivity index (χ2v) is 10.3. The molecule has 1 atom stereocenters. The van der Waals surface area contributed by atoms with Crippen LogP contribution in [0, 0.1) is 0 Å². The molecule has 0 aliphatic heterocycles. The maximum Gasteiger partial charge on any atom is 0.469 e. The number of hydrogen-bond donors (Lipinski definition) is 2. The van der Waals surface area contributed by atoms with Crippen molar-refractivity contribution in [3.8, 4) is 0 Å². The highest BCUT2D eigenvalue weighted by Gasteiger charge is 2.22. The van der Waals surface area contributed by atoms with Crippen LogP contribution in [0.2, 0.25) is 0 Å². The van der Waals surface area contributed by atoms with Gasteiger partial charge in [0.1, 0.15) is 6.61 Å². The minimum Gasteiger partial charge on any atom is -0.462 e. The van der Waals surface area contributed by atoms with Crippen molar-refractivity contribution < 1.29 is 37.9 Å². The van der Waals surface area contributed by atoms with E-state index in [1.807, 2.05) is 0 Å². The van der Waals surface area contributed by atoms with Crippen LogP contribution < -0.4 is 0 Å². The van der Waals surface area contributed by atoms with Gasteiger partial charge in [0.15, 0.2) is 6.10 Å². The lowest BCUT2D eigenvalue weighted by Gasteiger charge is -2.18. The fourth-order valence-electron chi connectivity index (χ4n) is 3.47. The van der Waals surface area contributed by atoms with E-state index in [0.717, 1.165) is 70.6 Å². The smallest absolute Gasteiger partial charge is 0.462 e. The number of esters is 2. The summed E-state index contributed by atoms with van der Waals surface area (Å²) < 4.78 is 25.9. The van der Waals surface area contributed by atoms with Crippen molar-refractivity contribution >= 4 is 19.8 Å². The molecule has 0 aliphatic carbocycles. The number of rotatable bonds is 24. The minimum atomic E-state index is -4.73. The maximum atomic E-state index is 12.2. The topological polar surface area (TPSA) is 119 Å². The Kier molecular flexibility index (Phi) is 22.4. The Hall–Kier alpha value is -1.21. The van der Waals surface area contributed by atoms with Gasteiger partial charge in [-0.15, -0.1) is 0 Å². The zero-order valence-corrected chi connectivity index (χ0v) is 22.9. The number of allylic oxidation sites excluding steroid dienone is 2. The van der Waals surface area contributed by atoms with Crippen LogP contribution in [-0.2, 0) is 28.2 Å². The van der Waals surface area contributed by atoms with Gasteiger partial charge in [0.25, 0.3) is 0 Å². The summed E-state index contributed by atoms with van der Waals surface area (Å²) in [6, 6.07) is 0. The van der Waals surface area contributed by atoms with E-state index in [9.17, 15) is 14.2 Å². The largest absolute Gasteiger partial charge is 0.469 e. The van der Waals surface area contributed by atoms with Gasteiger partial charge in [-0.05, 0) is 32.1 Å². The molecule has 35 heavy (non-hydrogen) atoms. The number of phosphoric ester groups is 1. The van der Waals surface area contributed by atoms with Gasteiger partial charge in [0, 0.05) is 12.8 Å². The molecule has 0 aromatic heterocycles. The second kappa shape index (κ2) is 23.2. The molecule has 0 aromatic carbocycles. The van der Waals surface area contributed by atoms with Crippen LogP contribution in [0.5, 0.6) is 0 Å². The number of hydrogen-bond acceptors (Lipinski definition) is 6. The summed E-state index contributed by atoms with van der Waals surface area (Å²) in [6.07, 6.45) is 19.7. The summed E-state index contributed by atoms with van der Waals surface area (Å²) >= 11 is 0. The van der Waals surface area contributed by atoms with Crippen LogP contribution in [-0.4, -0.2) is 41.0 Å². The van der Waals surface area contributed by atoms with E-state index in [4.69, 9.17) is 19.3 Å². The molecule has 0 amide bonds. The van der Waals surface area contributed by atoms with Gasteiger partial charge < -0.3 is 19.3 Å². The normalized spacial score (nSPS) is 12.7. The van der Waals surface area contributed by atoms with Crippen molar-refractivity contribution in [3.05, 3.63) is 12.2 Å². The van der Waals surface area contributed by atoms with Crippen molar-refractivity contribution in [1.29, 1.82) is 0 Å². The van der Waals surface area contributed by atoms with Gasteiger partial charge in [0.2, 0.25) is 0 Å². The first-order valence-electron chi connectivity index (χ1n) is 13.5. The van der Waals surface area contributed by atoms with Crippen molar-refractivity contribution in [1.82, 2.24) is 0 Å². The Morgan fingerprint density at radius 1 is 0.714 bits per heavy atom. The average molecular weight is 521 g/mol. The summed E-state index contributed by atoms with van der Waals surface area (Å²) in [7, 11) is -4.73. The number of carbonyl (C=O) groups excluding carboxylic acids is 2. The summed E-state index contributed by atoms with van der Waals surface area (Å²) in [6.45, 7) is 3.51. The average Bonchev–Trinajstić information content (AvgIpc) is 2.81. The number of ether oxygens (including phenoxy) is 2. The van der Waals surface area contributed by atoms with Crippen LogP contribution in [0.15, 0.2) is 12.2 Å². The van der Waals surface area contributed by atoms with Crippen LogP contribution in [0.3, 0.4) is 0 Å². The fourth-order valence-corrected chi connectivity index (χ4v) is 3.83. The number of phosphoric acid groups is 1. The molecule has 206 valence electrons. The van der Waals surface area contributed by atoms with Gasteiger partial charge in [0.05, 0.1) is 6.61 Å². The molecule has 0 rings (SSSR count). The van der Waals surface area contributed by atoms with E-state index in [2.05, 4.69) is 30.5 Å². The van der Waals surface area contributed by atoms with Crippen molar-refractivity contribution in [2.24, 2.45) is 0 Å². The Morgan fingerprint density at radius 2 is 1.23 bits per heavy atom. The SMILES string of the molecule is CCCC/C=C\CCCCCCCC(=O)OC(COC(=O)CCCCCCCC)COP(=O)(O)O. The van der Waals surface area contributed by atoms with Crippen LogP contribution in [0.1, 0.15) is 123 Å². The molecule has 9 heteroatoms. The monoisotopic (exact) mass is 520 g/mol. The molecule has 8 nitrogen and oxygen atoms in total. The lowest BCUT2D eigenvalue weighted by molar-refractivity contribution is -0.161. The predicted octanol–water partition coefficient (Wildman–Crippen LogP) is 6.78. The van der Waals surface area contributed by atoms with E-state index in [-0.39, 0.29) is 19.4 Å². The van der Waals surface area contributed by atoms with Crippen molar-refractivity contribution in [2.75, 3.05) is 13.2 Å². The van der Waals surface area contributed by atoms with Crippen molar-refractivity contribution in [2.45, 2.75) is 129 Å². The van der Waals surface area contributed by atoms with Gasteiger partial charge in [-0.2, -0.15) is 0 Å². The molecule has 0 spiro atoms. The van der Waals surface area contributed by atoms with Crippen LogP contribution in [0.25, 0.3) is 0 Å². The van der Waals surface area contributed by atoms with Crippen LogP contribution in [0.4, 0.5) is 0 Å². The Bertz CT molecular complexity index is 602. The van der Waals surface area contributed by atoms with Gasteiger partial charge in [-0.25, -0.2) is 4.57 Å². The number of carbonyl (C=O) groups is 2. The first kappa shape index (κ1) is 33.8. The molecule has 0 radical (unpaired) electrons. The second-order valence-electron chi connectivity index (χ2n) is 9.02. The third-order valence-electron chi connectivity index (χ3n) is 5.53. The zero-order valence-electron chi connectivity index (χ0n) is 22.0. The highest BCUT2D eigenvalue weighted by molar-refractivity contribution is 7.46. The summed E-state index contributed by atoms with van der Waals surface area (Å²) in [4.78, 5) is 42.0. The van der Waals surface area contributed by atoms with E-state index in [1.54, 1.807) is 0 Å². The molecule has 0 saturated heterocycles. The third-order valence-corrected chi connectivity index (χ3v) is 6.02. The van der Waals surface area contributed by atoms with Gasteiger partial charge in [-0.1, -0.05) is 90.2 Å². The van der Waals surface area contributed by atoms with Crippen molar-refractivity contribution in [3.63, 3.8) is 0 Å². The molecule has 0 aliphatic rings. The highest BCUT2D eigenvalue weighted by atomic mass is 31.2. The van der Waals surface area contributed by atoms with E-state index in [1.165, 1.54) is 19.3 Å². The highest BCUT2D eigenvalue weighted by Crippen LogP contribution is 2.35. The zero-order chi connectivity index (χ0) is 26.2. The van der Waals surface area contributed by atoms with E-state index in [0.29, 0.717) is 6.42 Å². The van der Waals surface area contributed by atoms with E-state index >= 15 is 0 Å². The van der Waals surface area contributed by atoms with Gasteiger partial charge in [-0.3, -0.25) is 14.1 Å². The number of unbranched alkanes of at least 4 members (excludes halogenated alkanes) is 12. The first-order valence-corrected chi connectivity index (χ1v) is 15.0. The Labute approximate surface area is 212 Å². The van der Waals surface area contributed by atoms with Gasteiger partial charge >= 0.3 is 19.8 Å². The quantitative estimate of drug-likeness (QED) is 0.0619. The molecule has 0 bridgehead atoms. The molecule has 0 aromatic rings. The summed E-state index contributed by atoms with van der Waals surface area (Å²) in [5, 5.41) is 0. The summed E-state index contributed by atoms with van der Waals surface area (Å²) in [5.41, 5.74) is 0. The molecule has 0 saturated carbocycles. The fraction of sp³-hybridized carbons (Fsp3) is 0.846. The van der Waals surface area contributed by atoms with E-state index < -0.39 is 32.5 Å². The lowest BCUT2D eigenvalue weighted by atomic mass is 10.1. The Balaban J connectivity index is 4.12. The molecule has 0 heterocycles.